The molecule has 0 radical (unpaired) electrons. The van der Waals surface area contributed by atoms with E-state index in [1.54, 1.807) is 0 Å². The smallest absolute Gasteiger partial charge is 0.242 e. The second-order valence-electron chi connectivity index (χ2n) is 6.79. The molecule has 1 aromatic heterocycles. The third-order valence-corrected chi connectivity index (χ3v) is 4.02. The van der Waals surface area contributed by atoms with Crippen LogP contribution in [0.15, 0.2) is 6.07 Å². The maximum Gasteiger partial charge on any atom is 0.242 e. The second kappa shape index (κ2) is 12.9. The number of aryl methyl sites for hydroxylation is 1. The molecule has 148 valence electrons. The van der Waals surface area contributed by atoms with E-state index in [0.717, 1.165) is 31.4 Å². The highest BCUT2D eigenvalue weighted by atomic mass is 35.5. The fourth-order valence-corrected chi connectivity index (χ4v) is 2.76. The Labute approximate surface area is 162 Å². The van der Waals surface area contributed by atoms with Gasteiger partial charge >= 0.3 is 0 Å². The molecule has 0 saturated heterocycles. The van der Waals surface area contributed by atoms with Gasteiger partial charge in [0.05, 0.1) is 0 Å². The summed E-state index contributed by atoms with van der Waals surface area (Å²) in [6.07, 6.45) is 4.50. The molecule has 6 nitrogen and oxygen atoms in total. The number of anilines is 1. The van der Waals surface area contributed by atoms with Crippen LogP contribution in [0.5, 0.6) is 0 Å². The molecule has 0 aliphatic heterocycles. The Bertz CT molecular complexity index is 540. The van der Waals surface area contributed by atoms with Crippen molar-refractivity contribution in [3.05, 3.63) is 17.0 Å². The van der Waals surface area contributed by atoms with Gasteiger partial charge < -0.3 is 15.4 Å². The lowest BCUT2D eigenvalue weighted by Gasteiger charge is -2.21. The topological polar surface area (TPSA) is 76.1 Å². The molecule has 1 atom stereocenters. The van der Waals surface area contributed by atoms with Crippen molar-refractivity contribution in [1.29, 1.82) is 0 Å². The summed E-state index contributed by atoms with van der Waals surface area (Å²) in [6.45, 7) is 10.2. The zero-order valence-corrected chi connectivity index (χ0v) is 17.2. The summed E-state index contributed by atoms with van der Waals surface area (Å²) in [4.78, 5) is 21.1. The molecule has 2 N–H and O–H groups in total. The number of ether oxygens (including phenoxy) is 1. The first-order valence-corrected chi connectivity index (χ1v) is 9.99. The number of nitrogens with one attached hydrogen (secondary N) is 2. The molecule has 0 spiro atoms. The molecular formula is C19H33ClN4O2. The molecular weight excluding hydrogens is 352 g/mol. The van der Waals surface area contributed by atoms with Gasteiger partial charge in [0.2, 0.25) is 11.2 Å². The van der Waals surface area contributed by atoms with Crippen molar-refractivity contribution in [2.24, 2.45) is 5.92 Å². The molecule has 26 heavy (non-hydrogen) atoms. The number of carbonyl (C=O) groups is 1. The Morgan fingerprint density at radius 2 is 2.04 bits per heavy atom. The summed E-state index contributed by atoms with van der Waals surface area (Å²) < 4.78 is 5.30. The third kappa shape index (κ3) is 9.34. The van der Waals surface area contributed by atoms with Crippen LogP contribution in [-0.4, -0.2) is 41.7 Å². The van der Waals surface area contributed by atoms with Crippen molar-refractivity contribution in [2.75, 3.05) is 25.1 Å². The average Bonchev–Trinajstić information content (AvgIpc) is 2.58. The quantitative estimate of drug-likeness (QED) is 0.399. The van der Waals surface area contributed by atoms with E-state index in [1.165, 1.54) is 0 Å². The first kappa shape index (κ1) is 22.6. The van der Waals surface area contributed by atoms with Crippen LogP contribution in [0.25, 0.3) is 0 Å². The van der Waals surface area contributed by atoms with Crippen LogP contribution in [-0.2, 0) is 16.0 Å². The van der Waals surface area contributed by atoms with Crippen molar-refractivity contribution < 1.29 is 9.53 Å². The molecule has 0 aliphatic rings. The number of hydrogen-bond acceptors (Lipinski definition) is 5. The van der Waals surface area contributed by atoms with Crippen molar-refractivity contribution in [2.45, 2.75) is 65.8 Å². The Kier molecular flexibility index (Phi) is 11.2. The number of unbranched alkanes of at least 4 members (excludes halogenated alkanes) is 1. The van der Waals surface area contributed by atoms with Gasteiger partial charge in [0.1, 0.15) is 11.9 Å². The Hall–Kier alpha value is -1.40. The van der Waals surface area contributed by atoms with Crippen LogP contribution in [0.4, 0.5) is 5.82 Å². The molecule has 7 heteroatoms. The van der Waals surface area contributed by atoms with E-state index in [2.05, 4.69) is 41.4 Å². The zero-order chi connectivity index (χ0) is 19.4. The molecule has 1 amide bonds. The number of halogens is 1. The standard InChI is InChI=1S/C19H33ClN4O2/c1-5-7-9-15-13-17(24-19(20)22-15)23-16(12-14(3)4)18(25)21-10-8-11-26-6-2/h13-14,16H,5-12H2,1-4H3,(H,21,25)(H,22,23,24). The van der Waals surface area contributed by atoms with E-state index in [1.807, 2.05) is 13.0 Å². The van der Waals surface area contributed by atoms with Gasteiger partial charge in [-0.1, -0.05) is 27.2 Å². The summed E-state index contributed by atoms with van der Waals surface area (Å²) in [6, 6.07) is 1.53. The van der Waals surface area contributed by atoms with Gasteiger partial charge in [0.25, 0.3) is 0 Å². The molecule has 0 bridgehead atoms. The van der Waals surface area contributed by atoms with Crippen LogP contribution in [0.3, 0.4) is 0 Å². The minimum absolute atomic E-state index is 0.0277. The molecule has 0 aromatic carbocycles. The Balaban J connectivity index is 2.71. The molecule has 1 rings (SSSR count). The summed E-state index contributed by atoms with van der Waals surface area (Å²) in [7, 11) is 0. The molecule has 1 unspecified atom stereocenters. The number of amides is 1. The average molecular weight is 385 g/mol. The highest BCUT2D eigenvalue weighted by Gasteiger charge is 2.20. The number of carbonyl (C=O) groups excluding carboxylic acids is 1. The van der Waals surface area contributed by atoms with Gasteiger partial charge in [0, 0.05) is 31.5 Å². The van der Waals surface area contributed by atoms with Crippen molar-refractivity contribution in [1.82, 2.24) is 15.3 Å². The molecule has 0 fully saturated rings. The lowest BCUT2D eigenvalue weighted by molar-refractivity contribution is -0.122. The summed E-state index contributed by atoms with van der Waals surface area (Å²) in [5.74, 6) is 0.949. The second-order valence-corrected chi connectivity index (χ2v) is 7.12. The fourth-order valence-electron chi connectivity index (χ4n) is 2.56. The van der Waals surface area contributed by atoms with Crippen LogP contribution in [0.2, 0.25) is 5.28 Å². The summed E-state index contributed by atoms with van der Waals surface area (Å²) in [5, 5.41) is 6.42. The van der Waals surface area contributed by atoms with E-state index in [0.29, 0.717) is 37.9 Å². The van der Waals surface area contributed by atoms with Crippen LogP contribution >= 0.6 is 11.6 Å². The summed E-state index contributed by atoms with van der Waals surface area (Å²) >= 11 is 6.05. The Morgan fingerprint density at radius 1 is 1.27 bits per heavy atom. The van der Waals surface area contributed by atoms with E-state index in [-0.39, 0.29) is 17.2 Å². The highest BCUT2D eigenvalue weighted by molar-refractivity contribution is 6.28. The lowest BCUT2D eigenvalue weighted by atomic mass is 10.0. The number of aromatic nitrogens is 2. The highest BCUT2D eigenvalue weighted by Crippen LogP contribution is 2.16. The van der Waals surface area contributed by atoms with Gasteiger partial charge in [-0.25, -0.2) is 9.97 Å². The molecule has 1 heterocycles. The SMILES string of the molecule is CCCCc1cc(NC(CC(C)C)C(=O)NCCCOCC)nc(Cl)n1. The maximum atomic E-state index is 12.6. The zero-order valence-electron chi connectivity index (χ0n) is 16.5. The fraction of sp³-hybridized carbons (Fsp3) is 0.737. The van der Waals surface area contributed by atoms with Crippen molar-refractivity contribution in [3.8, 4) is 0 Å². The number of hydrogen-bond donors (Lipinski definition) is 2. The van der Waals surface area contributed by atoms with Crippen LogP contribution in [0.1, 0.15) is 59.1 Å². The largest absolute Gasteiger partial charge is 0.382 e. The predicted octanol–water partition coefficient (Wildman–Crippen LogP) is 3.84. The van der Waals surface area contributed by atoms with Crippen molar-refractivity contribution >= 4 is 23.3 Å². The summed E-state index contributed by atoms with van der Waals surface area (Å²) in [5.41, 5.74) is 0.898. The van der Waals surface area contributed by atoms with Gasteiger partial charge in [-0.3, -0.25) is 4.79 Å². The van der Waals surface area contributed by atoms with Gasteiger partial charge in [0.15, 0.2) is 0 Å². The number of rotatable bonds is 13. The first-order chi connectivity index (χ1) is 12.5. The van der Waals surface area contributed by atoms with Gasteiger partial charge in [-0.05, 0) is 50.1 Å². The van der Waals surface area contributed by atoms with E-state index >= 15 is 0 Å². The number of nitrogens with zero attached hydrogens (tertiary/aromatic N) is 2. The van der Waals surface area contributed by atoms with Crippen molar-refractivity contribution in [3.63, 3.8) is 0 Å². The lowest BCUT2D eigenvalue weighted by Crippen LogP contribution is -2.41. The molecule has 0 aliphatic carbocycles. The minimum atomic E-state index is -0.355. The molecule has 1 aromatic rings. The van der Waals surface area contributed by atoms with Gasteiger partial charge in [-0.2, -0.15) is 0 Å². The maximum absolute atomic E-state index is 12.6. The van der Waals surface area contributed by atoms with Gasteiger partial charge in [-0.15, -0.1) is 0 Å². The van der Waals surface area contributed by atoms with E-state index in [9.17, 15) is 4.79 Å². The Morgan fingerprint density at radius 3 is 2.69 bits per heavy atom. The van der Waals surface area contributed by atoms with Crippen LogP contribution in [0, 0.1) is 5.92 Å². The third-order valence-electron chi connectivity index (χ3n) is 3.85. The monoisotopic (exact) mass is 384 g/mol. The first-order valence-electron chi connectivity index (χ1n) is 9.61. The minimum Gasteiger partial charge on any atom is -0.382 e. The molecule has 0 saturated carbocycles. The van der Waals surface area contributed by atoms with E-state index in [4.69, 9.17) is 16.3 Å². The normalized spacial score (nSPS) is 12.2. The van der Waals surface area contributed by atoms with Crippen LogP contribution < -0.4 is 10.6 Å². The predicted molar refractivity (Wildman–Crippen MR) is 107 cm³/mol. The van der Waals surface area contributed by atoms with E-state index < -0.39 is 0 Å².